The Morgan fingerprint density at radius 3 is 3.22 bits per heavy atom. The first-order chi connectivity index (χ1) is 8.74. The highest BCUT2D eigenvalue weighted by Crippen LogP contribution is 2.32. The number of nitrogens with zero attached hydrogens (tertiary/aromatic N) is 1. The number of hydrogen-bond acceptors (Lipinski definition) is 4. The molecule has 96 valence electrons. The van der Waals surface area contributed by atoms with E-state index in [1.54, 1.807) is 23.1 Å². The Balaban J connectivity index is 1.78. The van der Waals surface area contributed by atoms with Gasteiger partial charge in [-0.05, 0) is 30.7 Å². The van der Waals surface area contributed by atoms with Crippen LogP contribution >= 0.6 is 23.1 Å². The minimum Gasteiger partial charge on any atom is -0.301 e. The van der Waals surface area contributed by atoms with Crippen molar-refractivity contribution in [2.24, 2.45) is 10.9 Å². The Bertz CT molecular complexity index is 507. The number of thiophene rings is 1. The number of rotatable bonds is 1. The molecule has 1 aliphatic carbocycles. The van der Waals surface area contributed by atoms with E-state index >= 15 is 0 Å². The molecule has 2 heterocycles. The van der Waals surface area contributed by atoms with Gasteiger partial charge in [0.1, 0.15) is 0 Å². The minimum atomic E-state index is 0.0233. The lowest BCUT2D eigenvalue weighted by molar-refractivity contribution is 0.0977. The summed E-state index contributed by atoms with van der Waals surface area (Å²) in [7, 11) is 0. The molecule has 3 rings (SSSR count). The maximum atomic E-state index is 12.2. The van der Waals surface area contributed by atoms with Crippen LogP contribution in [0.4, 0.5) is 0 Å². The van der Waals surface area contributed by atoms with E-state index in [9.17, 15) is 4.79 Å². The average Bonchev–Trinajstić information content (AvgIpc) is 2.97. The highest BCUT2D eigenvalue weighted by atomic mass is 32.2. The van der Waals surface area contributed by atoms with Gasteiger partial charge in [0.15, 0.2) is 5.17 Å². The zero-order chi connectivity index (χ0) is 12.5. The lowest BCUT2D eigenvalue weighted by atomic mass is 9.88. The van der Waals surface area contributed by atoms with Crippen LogP contribution in [0.2, 0.25) is 0 Å². The third-order valence-electron chi connectivity index (χ3n) is 3.45. The number of carbonyl (C=O) groups is 1. The van der Waals surface area contributed by atoms with Gasteiger partial charge in [-0.2, -0.15) is 0 Å². The van der Waals surface area contributed by atoms with E-state index in [0.29, 0.717) is 0 Å². The summed E-state index contributed by atoms with van der Waals surface area (Å²) in [6.45, 7) is 3.10. The van der Waals surface area contributed by atoms with Crippen LogP contribution in [0.25, 0.3) is 0 Å². The van der Waals surface area contributed by atoms with Crippen molar-refractivity contribution in [3.8, 4) is 0 Å². The molecule has 0 aromatic carbocycles. The molecular weight excluding hydrogens is 264 g/mol. The summed E-state index contributed by atoms with van der Waals surface area (Å²) in [5.41, 5.74) is 2.15. The second kappa shape index (κ2) is 5.05. The number of amides is 1. The van der Waals surface area contributed by atoms with Gasteiger partial charge in [0.25, 0.3) is 5.91 Å². The van der Waals surface area contributed by atoms with Gasteiger partial charge in [-0.3, -0.25) is 9.79 Å². The van der Waals surface area contributed by atoms with E-state index in [0.717, 1.165) is 41.8 Å². The molecule has 18 heavy (non-hydrogen) atoms. The monoisotopic (exact) mass is 280 g/mol. The first-order valence-corrected chi connectivity index (χ1v) is 8.18. The highest BCUT2D eigenvalue weighted by molar-refractivity contribution is 8.14. The zero-order valence-corrected chi connectivity index (χ0v) is 12.0. The molecule has 0 saturated heterocycles. The van der Waals surface area contributed by atoms with Crippen LogP contribution in [0.3, 0.4) is 0 Å². The van der Waals surface area contributed by atoms with Crippen molar-refractivity contribution in [1.29, 1.82) is 0 Å². The third kappa shape index (κ3) is 2.34. The van der Waals surface area contributed by atoms with Crippen LogP contribution < -0.4 is 5.32 Å². The van der Waals surface area contributed by atoms with Crippen LogP contribution in [0.15, 0.2) is 10.4 Å². The molecule has 1 amide bonds. The van der Waals surface area contributed by atoms with Gasteiger partial charge < -0.3 is 5.32 Å². The van der Waals surface area contributed by atoms with Gasteiger partial charge in [-0.25, -0.2) is 0 Å². The molecule has 1 unspecified atom stereocenters. The van der Waals surface area contributed by atoms with E-state index in [4.69, 9.17) is 0 Å². The fourth-order valence-corrected chi connectivity index (χ4v) is 4.41. The van der Waals surface area contributed by atoms with E-state index in [2.05, 4.69) is 17.2 Å². The Hall–Kier alpha value is -0.810. The second-order valence-corrected chi connectivity index (χ2v) is 6.94. The lowest BCUT2D eigenvalue weighted by Gasteiger charge is -2.18. The van der Waals surface area contributed by atoms with Gasteiger partial charge in [0, 0.05) is 16.0 Å². The van der Waals surface area contributed by atoms with E-state index in [1.165, 1.54) is 16.9 Å². The summed E-state index contributed by atoms with van der Waals surface area (Å²) in [5, 5.41) is 5.72. The third-order valence-corrected chi connectivity index (χ3v) is 5.39. The van der Waals surface area contributed by atoms with Gasteiger partial charge in [-0.15, -0.1) is 11.3 Å². The van der Waals surface area contributed by atoms with Crippen LogP contribution in [-0.4, -0.2) is 23.4 Å². The van der Waals surface area contributed by atoms with Crippen molar-refractivity contribution in [2.75, 3.05) is 12.3 Å². The number of fused-ring (bicyclic) bond motifs is 1. The Kier molecular flexibility index (Phi) is 3.43. The largest absolute Gasteiger partial charge is 0.301 e. The number of nitrogens with one attached hydrogen (secondary N) is 1. The maximum Gasteiger partial charge on any atom is 0.258 e. The normalized spacial score (nSPS) is 22.5. The number of aliphatic imine (C=N–C) groups is 1. The average molecular weight is 280 g/mol. The predicted octanol–water partition coefficient (Wildman–Crippen LogP) is 2.71. The zero-order valence-electron chi connectivity index (χ0n) is 10.4. The summed E-state index contributed by atoms with van der Waals surface area (Å²) < 4.78 is 0. The van der Waals surface area contributed by atoms with Crippen molar-refractivity contribution < 1.29 is 4.79 Å². The SMILES string of the molecule is CC1CCc2c(C(=O)NC3=NCCS3)csc2C1. The summed E-state index contributed by atoms with van der Waals surface area (Å²) in [6.07, 6.45) is 3.37. The van der Waals surface area contributed by atoms with Crippen molar-refractivity contribution in [3.63, 3.8) is 0 Å². The van der Waals surface area contributed by atoms with Gasteiger partial charge in [0.05, 0.1) is 12.1 Å². The number of hydrogen-bond donors (Lipinski definition) is 1. The fourth-order valence-electron chi connectivity index (χ4n) is 2.44. The molecule has 0 bridgehead atoms. The molecule has 0 saturated carbocycles. The number of amidine groups is 1. The molecule has 1 N–H and O–H groups in total. The summed E-state index contributed by atoms with van der Waals surface area (Å²) in [4.78, 5) is 17.9. The number of carbonyl (C=O) groups excluding carboxylic acids is 1. The van der Waals surface area contributed by atoms with Crippen LogP contribution in [0, 0.1) is 5.92 Å². The van der Waals surface area contributed by atoms with Crippen molar-refractivity contribution >= 4 is 34.2 Å². The molecule has 3 nitrogen and oxygen atoms in total. The van der Waals surface area contributed by atoms with Gasteiger partial charge >= 0.3 is 0 Å². The van der Waals surface area contributed by atoms with Crippen LogP contribution in [0.1, 0.15) is 34.1 Å². The van der Waals surface area contributed by atoms with Crippen LogP contribution in [-0.2, 0) is 12.8 Å². The van der Waals surface area contributed by atoms with Crippen molar-refractivity contribution in [3.05, 3.63) is 21.4 Å². The Morgan fingerprint density at radius 2 is 2.44 bits per heavy atom. The molecule has 1 aromatic heterocycles. The fraction of sp³-hybridized carbons (Fsp3) is 0.538. The summed E-state index contributed by atoms with van der Waals surface area (Å²) >= 11 is 3.36. The first-order valence-electron chi connectivity index (χ1n) is 6.32. The number of thioether (sulfide) groups is 1. The topological polar surface area (TPSA) is 41.5 Å². The molecule has 0 spiro atoms. The quantitative estimate of drug-likeness (QED) is 0.859. The van der Waals surface area contributed by atoms with Gasteiger partial charge in [-0.1, -0.05) is 18.7 Å². The Labute approximate surface area is 115 Å². The van der Waals surface area contributed by atoms with Gasteiger partial charge in [0.2, 0.25) is 0 Å². The summed E-state index contributed by atoms with van der Waals surface area (Å²) in [6, 6.07) is 0. The second-order valence-electron chi connectivity index (χ2n) is 4.89. The summed E-state index contributed by atoms with van der Waals surface area (Å²) in [5.74, 6) is 1.76. The molecule has 2 aliphatic rings. The highest BCUT2D eigenvalue weighted by Gasteiger charge is 2.24. The van der Waals surface area contributed by atoms with Crippen molar-refractivity contribution in [2.45, 2.75) is 26.2 Å². The molecule has 0 fully saturated rings. The molecule has 0 radical (unpaired) electrons. The van der Waals surface area contributed by atoms with Crippen LogP contribution in [0.5, 0.6) is 0 Å². The predicted molar refractivity (Wildman–Crippen MR) is 77.7 cm³/mol. The Morgan fingerprint density at radius 1 is 1.56 bits per heavy atom. The van der Waals surface area contributed by atoms with E-state index < -0.39 is 0 Å². The van der Waals surface area contributed by atoms with Crippen molar-refractivity contribution in [1.82, 2.24) is 5.32 Å². The molecule has 5 heteroatoms. The smallest absolute Gasteiger partial charge is 0.258 e. The van der Waals surface area contributed by atoms with E-state index in [1.807, 2.05) is 5.38 Å². The molecular formula is C13H16N2OS2. The lowest BCUT2D eigenvalue weighted by Crippen LogP contribution is -2.28. The standard InChI is InChI=1S/C13H16N2OS2/c1-8-2-3-9-10(7-18-11(9)6-8)12(16)15-13-14-4-5-17-13/h7-8H,2-6H2,1H3,(H,14,15,16). The molecule has 1 aromatic rings. The maximum absolute atomic E-state index is 12.2. The van der Waals surface area contributed by atoms with E-state index in [-0.39, 0.29) is 5.91 Å². The molecule has 1 atom stereocenters. The molecule has 1 aliphatic heterocycles. The first kappa shape index (κ1) is 12.2. The minimum absolute atomic E-state index is 0.0233.